The molecule has 1 saturated heterocycles. The molecule has 1 aliphatic heterocycles. The van der Waals surface area contributed by atoms with Gasteiger partial charge in [0.25, 0.3) is 0 Å². The second-order valence-corrected chi connectivity index (χ2v) is 7.20. The molecule has 2 aromatic carbocycles. The summed E-state index contributed by atoms with van der Waals surface area (Å²) in [5.74, 6) is 1.61. The van der Waals surface area contributed by atoms with Crippen molar-refractivity contribution < 1.29 is 5.11 Å². The number of para-hydroxylation sites is 1. The maximum atomic E-state index is 9.06. The first-order valence-corrected chi connectivity index (χ1v) is 9.93. The molecule has 0 radical (unpaired) electrons. The lowest BCUT2D eigenvalue weighted by atomic mass is 10.2. The molecule has 0 saturated carbocycles. The Morgan fingerprint density at radius 1 is 0.929 bits per heavy atom. The van der Waals surface area contributed by atoms with Crippen molar-refractivity contribution in [3.05, 3.63) is 54.1 Å². The highest BCUT2D eigenvalue weighted by Gasteiger charge is 2.20. The number of anilines is 3. The fourth-order valence-electron chi connectivity index (χ4n) is 3.55. The molecule has 6 nitrogen and oxygen atoms in total. The van der Waals surface area contributed by atoms with Gasteiger partial charge in [0.2, 0.25) is 5.95 Å². The van der Waals surface area contributed by atoms with Gasteiger partial charge < -0.3 is 20.2 Å². The Hall–Kier alpha value is -2.86. The molecule has 146 valence electrons. The first-order valence-electron chi connectivity index (χ1n) is 9.93. The number of aliphatic hydroxyl groups is 1. The molecule has 3 aromatic rings. The van der Waals surface area contributed by atoms with Crippen LogP contribution >= 0.6 is 0 Å². The van der Waals surface area contributed by atoms with Crippen LogP contribution in [0.4, 0.5) is 17.5 Å². The van der Waals surface area contributed by atoms with Gasteiger partial charge in [0.1, 0.15) is 5.82 Å². The van der Waals surface area contributed by atoms with Crippen LogP contribution in [0, 0.1) is 6.92 Å². The maximum absolute atomic E-state index is 9.06. The Morgan fingerprint density at radius 3 is 2.39 bits per heavy atom. The number of hydrogen-bond donors (Lipinski definition) is 2. The number of nitrogens with zero attached hydrogens (tertiary/aromatic N) is 4. The van der Waals surface area contributed by atoms with Crippen LogP contribution in [0.2, 0.25) is 0 Å². The van der Waals surface area contributed by atoms with Crippen molar-refractivity contribution in [2.45, 2.75) is 13.3 Å². The van der Waals surface area contributed by atoms with E-state index in [1.54, 1.807) is 0 Å². The molecular formula is C22H27N5O. The van der Waals surface area contributed by atoms with E-state index < -0.39 is 0 Å². The van der Waals surface area contributed by atoms with Crippen molar-refractivity contribution in [2.75, 3.05) is 54.4 Å². The predicted octanol–water partition coefficient (Wildman–Crippen LogP) is 3.06. The second kappa shape index (κ2) is 8.44. The highest BCUT2D eigenvalue weighted by atomic mass is 16.3. The monoisotopic (exact) mass is 377 g/mol. The minimum atomic E-state index is 0.170. The summed E-state index contributed by atoms with van der Waals surface area (Å²) in [5.41, 5.74) is 3.50. The van der Waals surface area contributed by atoms with E-state index in [1.807, 2.05) is 24.3 Å². The van der Waals surface area contributed by atoms with Gasteiger partial charge in [-0.25, -0.2) is 4.98 Å². The van der Waals surface area contributed by atoms with Gasteiger partial charge in [-0.05, 0) is 37.6 Å². The summed E-state index contributed by atoms with van der Waals surface area (Å²) in [6, 6.07) is 16.8. The number of fused-ring (bicyclic) bond motifs is 1. The van der Waals surface area contributed by atoms with Gasteiger partial charge >= 0.3 is 0 Å². The van der Waals surface area contributed by atoms with Crippen molar-refractivity contribution in [3.63, 3.8) is 0 Å². The molecule has 6 heteroatoms. The van der Waals surface area contributed by atoms with Crippen molar-refractivity contribution in [1.29, 1.82) is 0 Å². The Labute approximate surface area is 165 Å². The van der Waals surface area contributed by atoms with E-state index in [4.69, 9.17) is 15.1 Å². The van der Waals surface area contributed by atoms with Crippen molar-refractivity contribution in [2.24, 2.45) is 0 Å². The largest absolute Gasteiger partial charge is 0.396 e. The van der Waals surface area contributed by atoms with Gasteiger partial charge in [-0.3, -0.25) is 0 Å². The Balaban J connectivity index is 1.52. The molecule has 0 unspecified atom stereocenters. The average Bonchev–Trinajstić information content (AvgIpc) is 2.74. The number of aliphatic hydroxyl groups excluding tert-OH is 1. The summed E-state index contributed by atoms with van der Waals surface area (Å²) in [6.45, 7) is 6.66. The van der Waals surface area contributed by atoms with Gasteiger partial charge in [0, 0.05) is 50.4 Å². The number of nitrogens with one attached hydrogen (secondary N) is 1. The summed E-state index contributed by atoms with van der Waals surface area (Å²) in [6.07, 6.45) is 0.697. The van der Waals surface area contributed by atoms with Crippen LogP contribution in [0.5, 0.6) is 0 Å². The number of hydrogen-bond acceptors (Lipinski definition) is 6. The lowest BCUT2D eigenvalue weighted by Gasteiger charge is -2.36. The molecule has 2 N–H and O–H groups in total. The van der Waals surface area contributed by atoms with E-state index in [-0.39, 0.29) is 6.61 Å². The maximum Gasteiger partial charge on any atom is 0.228 e. The summed E-state index contributed by atoms with van der Waals surface area (Å²) < 4.78 is 0. The van der Waals surface area contributed by atoms with E-state index in [2.05, 4.69) is 46.3 Å². The Bertz CT molecular complexity index is 920. The van der Waals surface area contributed by atoms with Gasteiger partial charge in [-0.1, -0.05) is 29.8 Å². The van der Waals surface area contributed by atoms with Gasteiger partial charge in [-0.15, -0.1) is 0 Å². The number of aromatic nitrogens is 2. The van der Waals surface area contributed by atoms with Crippen LogP contribution in [0.15, 0.2) is 48.5 Å². The standard InChI is InChI=1S/C22H27N5O/c1-17-7-9-18(10-8-17)26-12-14-27(15-13-26)22-24-20-6-3-2-5-19(20)21(25-22)23-11-4-16-28/h2-3,5-10,28H,4,11-16H2,1H3,(H,23,24,25). The summed E-state index contributed by atoms with van der Waals surface area (Å²) in [7, 11) is 0. The van der Waals surface area contributed by atoms with Crippen LogP contribution in [0.1, 0.15) is 12.0 Å². The number of benzene rings is 2. The van der Waals surface area contributed by atoms with Crippen LogP contribution in [-0.4, -0.2) is 54.4 Å². The topological polar surface area (TPSA) is 64.5 Å². The van der Waals surface area contributed by atoms with Crippen LogP contribution in [0.25, 0.3) is 10.9 Å². The van der Waals surface area contributed by atoms with Gasteiger partial charge in [-0.2, -0.15) is 4.98 Å². The fraction of sp³-hybridized carbons (Fsp3) is 0.364. The Morgan fingerprint density at radius 2 is 1.64 bits per heavy atom. The van der Waals surface area contributed by atoms with Crippen LogP contribution in [-0.2, 0) is 0 Å². The van der Waals surface area contributed by atoms with E-state index in [9.17, 15) is 0 Å². The van der Waals surface area contributed by atoms with Crippen molar-refractivity contribution in [3.8, 4) is 0 Å². The summed E-state index contributed by atoms with van der Waals surface area (Å²) >= 11 is 0. The molecule has 0 spiro atoms. The minimum Gasteiger partial charge on any atom is -0.396 e. The summed E-state index contributed by atoms with van der Waals surface area (Å²) in [4.78, 5) is 14.3. The molecule has 1 aliphatic rings. The van der Waals surface area contributed by atoms with Crippen LogP contribution < -0.4 is 15.1 Å². The minimum absolute atomic E-state index is 0.170. The zero-order valence-corrected chi connectivity index (χ0v) is 16.3. The highest BCUT2D eigenvalue weighted by Crippen LogP contribution is 2.25. The molecule has 0 bridgehead atoms. The molecule has 1 aromatic heterocycles. The first-order chi connectivity index (χ1) is 13.7. The third-order valence-corrected chi connectivity index (χ3v) is 5.18. The smallest absolute Gasteiger partial charge is 0.228 e. The lowest BCUT2D eigenvalue weighted by molar-refractivity contribution is 0.292. The molecule has 28 heavy (non-hydrogen) atoms. The first kappa shape index (κ1) is 18.5. The number of rotatable bonds is 6. The molecule has 4 rings (SSSR count). The zero-order chi connectivity index (χ0) is 19.3. The molecule has 0 atom stereocenters. The van der Waals surface area contributed by atoms with Gasteiger partial charge in [0.05, 0.1) is 5.52 Å². The number of piperazine rings is 1. The molecule has 0 amide bonds. The normalized spacial score (nSPS) is 14.5. The molecular weight excluding hydrogens is 350 g/mol. The molecule has 2 heterocycles. The summed E-state index contributed by atoms with van der Waals surface area (Å²) in [5, 5.41) is 13.4. The molecule has 1 fully saturated rings. The highest BCUT2D eigenvalue weighted by molar-refractivity contribution is 5.90. The average molecular weight is 377 g/mol. The van der Waals surface area contributed by atoms with Crippen molar-refractivity contribution in [1.82, 2.24) is 9.97 Å². The third-order valence-electron chi connectivity index (χ3n) is 5.18. The number of aryl methyl sites for hydroxylation is 1. The third kappa shape index (κ3) is 4.02. The van der Waals surface area contributed by atoms with E-state index in [0.717, 1.165) is 48.8 Å². The quantitative estimate of drug-likeness (QED) is 0.644. The zero-order valence-electron chi connectivity index (χ0n) is 16.3. The van der Waals surface area contributed by atoms with Gasteiger partial charge in [0.15, 0.2) is 0 Å². The SMILES string of the molecule is Cc1ccc(N2CCN(c3nc(NCCCO)c4ccccc4n3)CC2)cc1. The van der Waals surface area contributed by atoms with E-state index in [0.29, 0.717) is 13.0 Å². The predicted molar refractivity (Wildman–Crippen MR) is 115 cm³/mol. The van der Waals surface area contributed by atoms with E-state index >= 15 is 0 Å². The fourth-order valence-corrected chi connectivity index (χ4v) is 3.55. The Kier molecular flexibility index (Phi) is 5.58. The van der Waals surface area contributed by atoms with E-state index in [1.165, 1.54) is 11.3 Å². The van der Waals surface area contributed by atoms with Crippen LogP contribution in [0.3, 0.4) is 0 Å². The lowest BCUT2D eigenvalue weighted by Crippen LogP contribution is -2.47. The second-order valence-electron chi connectivity index (χ2n) is 7.20. The molecule has 0 aliphatic carbocycles. The van der Waals surface area contributed by atoms with Crippen molar-refractivity contribution >= 4 is 28.4 Å².